The molecule has 1 aliphatic heterocycles. The smallest absolute Gasteiger partial charge is 0.225 e. The number of carbonyl (C=O) groups excluding carboxylic acids is 2. The third-order valence-electron chi connectivity index (χ3n) is 5.77. The van der Waals surface area contributed by atoms with E-state index in [9.17, 15) is 9.59 Å². The molecule has 0 unspecified atom stereocenters. The van der Waals surface area contributed by atoms with E-state index in [1.54, 1.807) is 11.3 Å². The molecule has 1 aromatic rings. The van der Waals surface area contributed by atoms with Crippen LogP contribution in [0.15, 0.2) is 17.5 Å². The first-order chi connectivity index (χ1) is 12.1. The van der Waals surface area contributed by atoms with Crippen molar-refractivity contribution >= 4 is 23.2 Å². The van der Waals surface area contributed by atoms with Crippen molar-refractivity contribution in [2.45, 2.75) is 58.4 Å². The van der Waals surface area contributed by atoms with Crippen molar-refractivity contribution in [2.75, 3.05) is 13.1 Å². The summed E-state index contributed by atoms with van der Waals surface area (Å²) in [5.74, 6) is 1.28. The van der Waals surface area contributed by atoms with Gasteiger partial charge in [-0.05, 0) is 43.0 Å². The van der Waals surface area contributed by atoms with Crippen LogP contribution in [-0.4, -0.2) is 29.8 Å². The molecule has 2 fully saturated rings. The first kappa shape index (κ1) is 18.4. The van der Waals surface area contributed by atoms with E-state index in [1.807, 2.05) is 4.90 Å². The van der Waals surface area contributed by atoms with Crippen molar-refractivity contribution < 1.29 is 9.59 Å². The molecule has 1 saturated heterocycles. The Balaban J connectivity index is 1.57. The van der Waals surface area contributed by atoms with E-state index in [0.717, 1.165) is 51.6 Å². The molecule has 1 N–H and O–H groups in total. The molecule has 1 atom stereocenters. The van der Waals surface area contributed by atoms with Crippen molar-refractivity contribution in [1.82, 2.24) is 10.2 Å². The number of hydrogen-bond acceptors (Lipinski definition) is 3. The molecule has 0 radical (unpaired) electrons. The van der Waals surface area contributed by atoms with Crippen LogP contribution in [0, 0.1) is 17.8 Å². The Kier molecular flexibility index (Phi) is 6.15. The summed E-state index contributed by atoms with van der Waals surface area (Å²) >= 11 is 1.73. The molecule has 1 aliphatic carbocycles. The minimum atomic E-state index is 0.0417. The number of rotatable bonds is 7. The average molecular weight is 363 g/mol. The Morgan fingerprint density at radius 3 is 2.36 bits per heavy atom. The SMILES string of the molecule is CCC(CC)[C@@H](NC(=O)C1CCN(C(=O)C2CC2)CC1)c1cccs1. The van der Waals surface area contributed by atoms with Crippen LogP contribution in [0.2, 0.25) is 0 Å². The number of carbonyl (C=O) groups is 2. The number of nitrogens with zero attached hydrogens (tertiary/aromatic N) is 1. The summed E-state index contributed by atoms with van der Waals surface area (Å²) < 4.78 is 0. The third-order valence-corrected chi connectivity index (χ3v) is 6.73. The van der Waals surface area contributed by atoms with E-state index in [1.165, 1.54) is 4.88 Å². The molecular formula is C20H30N2O2S. The van der Waals surface area contributed by atoms with Crippen LogP contribution in [0.4, 0.5) is 0 Å². The Morgan fingerprint density at radius 1 is 1.16 bits per heavy atom. The van der Waals surface area contributed by atoms with Crippen LogP contribution in [0.1, 0.15) is 63.3 Å². The lowest BCUT2D eigenvalue weighted by atomic mass is 9.90. The second-order valence-electron chi connectivity index (χ2n) is 7.45. The zero-order valence-electron chi connectivity index (χ0n) is 15.4. The maximum absolute atomic E-state index is 12.9. The molecule has 5 heteroatoms. The lowest BCUT2D eigenvalue weighted by Gasteiger charge is -2.33. The topological polar surface area (TPSA) is 49.4 Å². The monoisotopic (exact) mass is 362 g/mol. The molecule has 1 saturated carbocycles. The van der Waals surface area contributed by atoms with Gasteiger partial charge in [0, 0.05) is 29.8 Å². The standard InChI is InChI=1S/C20H30N2O2S/c1-3-14(4-2)18(17-6-5-13-25-17)21-19(23)15-9-11-22(12-10-15)20(24)16-7-8-16/h5-6,13-16,18H,3-4,7-12H2,1-2H3,(H,21,23)/t18-/m1/s1. The summed E-state index contributed by atoms with van der Waals surface area (Å²) in [7, 11) is 0. The van der Waals surface area contributed by atoms with Gasteiger partial charge in [-0.3, -0.25) is 9.59 Å². The highest BCUT2D eigenvalue weighted by molar-refractivity contribution is 7.10. The summed E-state index contributed by atoms with van der Waals surface area (Å²) in [5, 5.41) is 5.42. The lowest BCUT2D eigenvalue weighted by molar-refractivity contribution is -0.137. The van der Waals surface area contributed by atoms with Gasteiger partial charge in [-0.1, -0.05) is 32.8 Å². The molecule has 138 valence electrons. The van der Waals surface area contributed by atoms with Gasteiger partial charge in [-0.2, -0.15) is 0 Å². The van der Waals surface area contributed by atoms with E-state index in [4.69, 9.17) is 0 Å². The van der Waals surface area contributed by atoms with Crippen LogP contribution < -0.4 is 5.32 Å². The second-order valence-corrected chi connectivity index (χ2v) is 8.43. The molecule has 0 bridgehead atoms. The number of nitrogens with one attached hydrogen (secondary N) is 1. The molecule has 2 aliphatic rings. The molecule has 2 amide bonds. The van der Waals surface area contributed by atoms with Gasteiger partial charge >= 0.3 is 0 Å². The molecule has 1 aromatic heterocycles. The van der Waals surface area contributed by atoms with E-state index >= 15 is 0 Å². The second kappa shape index (κ2) is 8.35. The quantitative estimate of drug-likeness (QED) is 0.797. The fourth-order valence-electron chi connectivity index (χ4n) is 3.87. The maximum Gasteiger partial charge on any atom is 0.225 e. The van der Waals surface area contributed by atoms with Crippen LogP contribution in [-0.2, 0) is 9.59 Å². The van der Waals surface area contributed by atoms with Crippen molar-refractivity contribution in [3.63, 3.8) is 0 Å². The zero-order chi connectivity index (χ0) is 17.8. The number of thiophene rings is 1. The van der Waals surface area contributed by atoms with Crippen molar-refractivity contribution in [2.24, 2.45) is 17.8 Å². The molecule has 4 nitrogen and oxygen atoms in total. The fourth-order valence-corrected chi connectivity index (χ4v) is 4.74. The van der Waals surface area contributed by atoms with Gasteiger partial charge in [0.2, 0.25) is 11.8 Å². The average Bonchev–Trinajstić information content (AvgIpc) is 3.35. The Labute approximate surface area is 155 Å². The van der Waals surface area contributed by atoms with Crippen LogP contribution in [0.5, 0.6) is 0 Å². The van der Waals surface area contributed by atoms with Gasteiger partial charge < -0.3 is 10.2 Å². The normalized spacial score (nSPS) is 19.9. The molecule has 0 spiro atoms. The molecule has 25 heavy (non-hydrogen) atoms. The fraction of sp³-hybridized carbons (Fsp3) is 0.700. The Bertz CT molecular complexity index is 571. The third kappa shape index (κ3) is 4.43. The summed E-state index contributed by atoms with van der Waals surface area (Å²) in [4.78, 5) is 28.2. The van der Waals surface area contributed by atoms with E-state index < -0.39 is 0 Å². The first-order valence-electron chi connectivity index (χ1n) is 9.76. The molecular weight excluding hydrogens is 332 g/mol. The predicted molar refractivity (Wildman–Crippen MR) is 101 cm³/mol. The van der Waals surface area contributed by atoms with Crippen molar-refractivity contribution in [3.8, 4) is 0 Å². The Hall–Kier alpha value is -1.36. The highest BCUT2D eigenvalue weighted by Crippen LogP contribution is 2.33. The summed E-state index contributed by atoms with van der Waals surface area (Å²) in [6.07, 6.45) is 5.82. The summed E-state index contributed by atoms with van der Waals surface area (Å²) in [6, 6.07) is 4.31. The van der Waals surface area contributed by atoms with Gasteiger partial charge in [0.1, 0.15) is 0 Å². The lowest BCUT2D eigenvalue weighted by Crippen LogP contribution is -2.44. The van der Waals surface area contributed by atoms with Crippen LogP contribution in [0.25, 0.3) is 0 Å². The minimum Gasteiger partial charge on any atom is -0.348 e. The predicted octanol–water partition coefficient (Wildman–Crippen LogP) is 3.99. The van der Waals surface area contributed by atoms with E-state index in [2.05, 4.69) is 36.7 Å². The van der Waals surface area contributed by atoms with E-state index in [0.29, 0.717) is 11.8 Å². The zero-order valence-corrected chi connectivity index (χ0v) is 16.2. The molecule has 2 heterocycles. The van der Waals surface area contributed by atoms with Gasteiger partial charge in [0.15, 0.2) is 0 Å². The van der Waals surface area contributed by atoms with Crippen LogP contribution >= 0.6 is 11.3 Å². The minimum absolute atomic E-state index is 0.0417. The highest BCUT2D eigenvalue weighted by atomic mass is 32.1. The number of amides is 2. The summed E-state index contributed by atoms with van der Waals surface area (Å²) in [6.45, 7) is 5.87. The maximum atomic E-state index is 12.9. The first-order valence-corrected chi connectivity index (χ1v) is 10.6. The number of hydrogen-bond donors (Lipinski definition) is 1. The highest BCUT2D eigenvalue weighted by Gasteiger charge is 2.36. The van der Waals surface area contributed by atoms with Gasteiger partial charge in [-0.15, -0.1) is 11.3 Å². The summed E-state index contributed by atoms with van der Waals surface area (Å²) in [5.41, 5.74) is 0. The van der Waals surface area contributed by atoms with E-state index in [-0.39, 0.29) is 23.8 Å². The molecule has 3 rings (SSSR count). The van der Waals surface area contributed by atoms with Gasteiger partial charge in [-0.25, -0.2) is 0 Å². The van der Waals surface area contributed by atoms with Crippen molar-refractivity contribution in [1.29, 1.82) is 0 Å². The van der Waals surface area contributed by atoms with Crippen LogP contribution in [0.3, 0.4) is 0 Å². The molecule has 0 aromatic carbocycles. The number of piperidine rings is 1. The largest absolute Gasteiger partial charge is 0.348 e. The Morgan fingerprint density at radius 2 is 1.84 bits per heavy atom. The van der Waals surface area contributed by atoms with Crippen molar-refractivity contribution in [3.05, 3.63) is 22.4 Å². The number of likely N-dealkylation sites (tertiary alicyclic amines) is 1. The van der Waals surface area contributed by atoms with Gasteiger partial charge in [0.05, 0.1) is 6.04 Å². The van der Waals surface area contributed by atoms with Gasteiger partial charge in [0.25, 0.3) is 0 Å².